The summed E-state index contributed by atoms with van der Waals surface area (Å²) in [5.74, 6) is -1.68. The molecule has 0 spiro atoms. The van der Waals surface area contributed by atoms with Gasteiger partial charge in [-0.3, -0.25) is 14.4 Å². The highest BCUT2D eigenvalue weighted by Gasteiger charge is 2.33. The van der Waals surface area contributed by atoms with Crippen LogP contribution >= 0.6 is 0 Å². The fourth-order valence-electron chi connectivity index (χ4n) is 2.85. The predicted octanol–water partition coefficient (Wildman–Crippen LogP) is 2.56. The van der Waals surface area contributed by atoms with E-state index in [-0.39, 0.29) is 30.1 Å². The van der Waals surface area contributed by atoms with Crippen LogP contribution in [0.2, 0.25) is 0 Å². The number of hydrogen-bond donors (Lipinski definition) is 1. The summed E-state index contributed by atoms with van der Waals surface area (Å²) in [5, 5.41) is 9.03. The maximum Gasteiger partial charge on any atom is 0.308 e. The van der Waals surface area contributed by atoms with Gasteiger partial charge in [0, 0.05) is 24.6 Å². The lowest BCUT2D eigenvalue weighted by molar-refractivity contribution is -0.141. The molecule has 1 aliphatic rings. The second-order valence-electron chi connectivity index (χ2n) is 6.47. The van der Waals surface area contributed by atoms with Gasteiger partial charge in [0.05, 0.1) is 11.8 Å². The summed E-state index contributed by atoms with van der Waals surface area (Å²) < 4.78 is 0. The second-order valence-corrected chi connectivity index (χ2v) is 6.47. The Balaban J connectivity index is 2.05. The molecule has 1 aromatic rings. The van der Waals surface area contributed by atoms with Gasteiger partial charge in [0.1, 0.15) is 0 Å². The Morgan fingerprint density at radius 3 is 2.22 bits per heavy atom. The fourth-order valence-corrected chi connectivity index (χ4v) is 2.85. The molecular formula is C18H23NO4. The van der Waals surface area contributed by atoms with Crippen LogP contribution in [-0.2, 0) is 9.59 Å². The lowest BCUT2D eigenvalue weighted by Gasteiger charge is -2.21. The number of hydrogen-bond acceptors (Lipinski definition) is 3. The smallest absolute Gasteiger partial charge is 0.308 e. The Labute approximate surface area is 136 Å². The average Bonchev–Trinajstić information content (AvgIpc) is 3.03. The van der Waals surface area contributed by atoms with Crippen LogP contribution in [0.3, 0.4) is 0 Å². The number of carbonyl (C=O) groups excluding carboxylic acids is 2. The quantitative estimate of drug-likeness (QED) is 0.847. The number of carboxylic acid groups (broad SMARTS) is 1. The minimum absolute atomic E-state index is 0.0579. The van der Waals surface area contributed by atoms with E-state index < -0.39 is 11.9 Å². The Morgan fingerprint density at radius 2 is 1.74 bits per heavy atom. The third-order valence-electron chi connectivity index (χ3n) is 4.44. The highest BCUT2D eigenvalue weighted by Crippen LogP contribution is 2.24. The molecule has 2 unspecified atom stereocenters. The van der Waals surface area contributed by atoms with Crippen molar-refractivity contribution in [1.29, 1.82) is 0 Å². The van der Waals surface area contributed by atoms with E-state index in [1.807, 2.05) is 32.9 Å². The van der Waals surface area contributed by atoms with Crippen molar-refractivity contribution in [3.8, 4) is 0 Å². The van der Waals surface area contributed by atoms with Crippen molar-refractivity contribution < 1.29 is 19.5 Å². The number of ketones is 1. The van der Waals surface area contributed by atoms with E-state index in [9.17, 15) is 14.4 Å². The molecule has 5 nitrogen and oxygen atoms in total. The molecule has 0 saturated carbocycles. The number of aliphatic carboxylic acids is 1. The largest absolute Gasteiger partial charge is 0.481 e. The molecule has 1 N–H and O–H groups in total. The van der Waals surface area contributed by atoms with Crippen molar-refractivity contribution in [2.75, 3.05) is 13.1 Å². The number of Topliss-reactive ketones (excluding diaryl/α,β-unsaturated/α-hetero) is 1. The zero-order valence-electron chi connectivity index (χ0n) is 13.8. The molecule has 2 atom stereocenters. The van der Waals surface area contributed by atoms with Crippen LogP contribution in [-0.4, -0.2) is 40.8 Å². The van der Waals surface area contributed by atoms with Crippen LogP contribution in [0.1, 0.15) is 49.0 Å². The average molecular weight is 317 g/mol. The van der Waals surface area contributed by atoms with Crippen molar-refractivity contribution in [2.45, 2.75) is 33.1 Å². The summed E-state index contributed by atoms with van der Waals surface area (Å²) >= 11 is 0. The topological polar surface area (TPSA) is 74.7 Å². The first-order valence-corrected chi connectivity index (χ1v) is 7.97. The van der Waals surface area contributed by atoms with Gasteiger partial charge in [-0.2, -0.15) is 0 Å². The molecule has 0 bridgehead atoms. The number of benzene rings is 1. The first-order valence-electron chi connectivity index (χ1n) is 7.97. The van der Waals surface area contributed by atoms with Gasteiger partial charge in [-0.05, 0) is 18.9 Å². The fraction of sp³-hybridized carbons (Fsp3) is 0.500. The van der Waals surface area contributed by atoms with Gasteiger partial charge in [-0.1, -0.05) is 38.1 Å². The molecule has 1 aromatic carbocycles. The van der Waals surface area contributed by atoms with Crippen LogP contribution in [0.5, 0.6) is 0 Å². The van der Waals surface area contributed by atoms with Crippen LogP contribution in [0.25, 0.3) is 0 Å². The van der Waals surface area contributed by atoms with E-state index in [1.54, 1.807) is 17.0 Å². The van der Waals surface area contributed by atoms with E-state index in [0.717, 1.165) is 5.56 Å². The Kier molecular flexibility index (Phi) is 5.19. The molecular weight excluding hydrogens is 294 g/mol. The molecule has 5 heteroatoms. The van der Waals surface area contributed by atoms with Crippen molar-refractivity contribution in [3.63, 3.8) is 0 Å². The van der Waals surface area contributed by atoms with Crippen LogP contribution in [0.15, 0.2) is 24.3 Å². The van der Waals surface area contributed by atoms with Crippen molar-refractivity contribution in [1.82, 2.24) is 4.90 Å². The molecule has 0 aromatic heterocycles. The number of carboxylic acids is 1. The Hall–Kier alpha value is -2.17. The van der Waals surface area contributed by atoms with Gasteiger partial charge in [0.2, 0.25) is 5.91 Å². The monoisotopic (exact) mass is 317 g/mol. The standard InChI is InChI=1S/C18H23NO4/c1-11(2)16(20)14-6-4-13(5-7-14)12(3)17(21)19-9-8-15(10-19)18(22)23/h4-7,11-12,15H,8-10H2,1-3H3,(H,22,23). The minimum atomic E-state index is -0.843. The number of nitrogens with zero attached hydrogens (tertiary/aromatic N) is 1. The summed E-state index contributed by atoms with van der Waals surface area (Å²) in [6.07, 6.45) is 0.510. The zero-order chi connectivity index (χ0) is 17.1. The molecule has 1 fully saturated rings. The number of likely N-dealkylation sites (tertiary alicyclic amines) is 1. The van der Waals surface area contributed by atoms with Crippen LogP contribution < -0.4 is 0 Å². The number of carbonyl (C=O) groups is 3. The van der Waals surface area contributed by atoms with Crippen molar-refractivity contribution >= 4 is 17.7 Å². The van der Waals surface area contributed by atoms with Gasteiger partial charge in [0.15, 0.2) is 5.78 Å². The molecule has 1 aliphatic heterocycles. The first kappa shape index (κ1) is 17.2. The SMILES string of the molecule is CC(C)C(=O)c1ccc(C(C)C(=O)N2CCC(C(=O)O)C2)cc1. The molecule has 2 rings (SSSR count). The highest BCUT2D eigenvalue weighted by molar-refractivity contribution is 5.97. The van der Waals surface area contributed by atoms with Crippen LogP contribution in [0, 0.1) is 11.8 Å². The molecule has 0 aliphatic carbocycles. The lowest BCUT2D eigenvalue weighted by Crippen LogP contribution is -2.33. The summed E-state index contributed by atoms with van der Waals surface area (Å²) in [5.41, 5.74) is 1.49. The minimum Gasteiger partial charge on any atom is -0.481 e. The number of amides is 1. The normalized spacial score (nSPS) is 19.0. The maximum atomic E-state index is 12.5. The third kappa shape index (κ3) is 3.78. The molecule has 1 heterocycles. The molecule has 1 saturated heterocycles. The summed E-state index contributed by atoms with van der Waals surface area (Å²) in [6, 6.07) is 7.13. The zero-order valence-corrected chi connectivity index (χ0v) is 13.8. The van der Waals surface area contributed by atoms with E-state index >= 15 is 0 Å². The predicted molar refractivity (Wildman–Crippen MR) is 86.3 cm³/mol. The van der Waals surface area contributed by atoms with Gasteiger partial charge < -0.3 is 10.0 Å². The second kappa shape index (κ2) is 6.94. The summed E-state index contributed by atoms with van der Waals surface area (Å²) in [7, 11) is 0. The molecule has 1 amide bonds. The van der Waals surface area contributed by atoms with E-state index in [4.69, 9.17) is 5.11 Å². The van der Waals surface area contributed by atoms with Crippen molar-refractivity contribution in [3.05, 3.63) is 35.4 Å². The highest BCUT2D eigenvalue weighted by atomic mass is 16.4. The maximum absolute atomic E-state index is 12.5. The molecule has 124 valence electrons. The lowest BCUT2D eigenvalue weighted by atomic mass is 9.95. The molecule has 0 radical (unpaired) electrons. The Morgan fingerprint density at radius 1 is 1.13 bits per heavy atom. The van der Waals surface area contributed by atoms with Gasteiger partial charge >= 0.3 is 5.97 Å². The van der Waals surface area contributed by atoms with Crippen molar-refractivity contribution in [2.24, 2.45) is 11.8 Å². The van der Waals surface area contributed by atoms with E-state index in [0.29, 0.717) is 18.5 Å². The first-order chi connectivity index (χ1) is 10.8. The van der Waals surface area contributed by atoms with Gasteiger partial charge in [-0.25, -0.2) is 0 Å². The Bertz CT molecular complexity index is 606. The summed E-state index contributed by atoms with van der Waals surface area (Å²) in [4.78, 5) is 37.1. The third-order valence-corrected chi connectivity index (χ3v) is 4.44. The number of rotatable bonds is 5. The van der Waals surface area contributed by atoms with Gasteiger partial charge in [0.25, 0.3) is 0 Å². The van der Waals surface area contributed by atoms with E-state index in [1.165, 1.54) is 0 Å². The molecule has 23 heavy (non-hydrogen) atoms. The summed E-state index contributed by atoms with van der Waals surface area (Å²) in [6.45, 7) is 6.30. The van der Waals surface area contributed by atoms with Crippen LogP contribution in [0.4, 0.5) is 0 Å². The van der Waals surface area contributed by atoms with Gasteiger partial charge in [-0.15, -0.1) is 0 Å². The van der Waals surface area contributed by atoms with E-state index in [2.05, 4.69) is 0 Å².